The number of aromatic amines is 2. The minimum Gasteiger partial charge on any atom is -0.357 e. The van der Waals surface area contributed by atoms with E-state index in [0.717, 1.165) is 48.0 Å². The maximum Gasteiger partial charge on any atom is 0.270 e. The largest absolute Gasteiger partial charge is 0.357 e. The average Bonchev–Trinajstić information content (AvgIpc) is 3.38. The molecule has 4 rings (SSSR count). The summed E-state index contributed by atoms with van der Waals surface area (Å²) in [4.78, 5) is 30.1. The van der Waals surface area contributed by atoms with E-state index in [1.165, 1.54) is 0 Å². The van der Waals surface area contributed by atoms with E-state index >= 15 is 0 Å². The van der Waals surface area contributed by atoms with Gasteiger partial charge in [0.25, 0.3) is 5.91 Å². The van der Waals surface area contributed by atoms with Gasteiger partial charge < -0.3 is 14.9 Å². The predicted octanol–water partition coefficient (Wildman–Crippen LogP) is 3.99. The molecule has 2 atom stereocenters. The van der Waals surface area contributed by atoms with E-state index in [4.69, 9.17) is 0 Å². The summed E-state index contributed by atoms with van der Waals surface area (Å²) in [7, 11) is 0. The topological polar surface area (TPSA) is 77.7 Å². The van der Waals surface area contributed by atoms with E-state index in [2.05, 4.69) is 38.7 Å². The van der Waals surface area contributed by atoms with Crippen LogP contribution in [0.15, 0.2) is 30.9 Å². The second kappa shape index (κ2) is 6.35. The molecule has 3 aromatic rings. The Morgan fingerprint density at radius 1 is 1.24 bits per heavy atom. The minimum absolute atomic E-state index is 0. The number of aromatic nitrogens is 4. The minimum atomic E-state index is 0. The SMILES string of the molecule is CCC1CC[C@@H](CC)N1C(=O)c1cc(-c2ncnc3[nH]ccc23)c[nH]1.[HH]. The zero-order valence-corrected chi connectivity index (χ0v) is 14.6. The molecule has 132 valence electrons. The molecule has 25 heavy (non-hydrogen) atoms. The van der Waals surface area contributed by atoms with Crippen LogP contribution in [-0.2, 0) is 0 Å². The highest BCUT2D eigenvalue weighted by Gasteiger charge is 2.35. The molecule has 1 saturated heterocycles. The number of rotatable bonds is 4. The Labute approximate surface area is 148 Å². The molecular weight excluding hydrogens is 314 g/mol. The highest BCUT2D eigenvalue weighted by molar-refractivity contribution is 5.96. The van der Waals surface area contributed by atoms with Crippen molar-refractivity contribution < 1.29 is 6.22 Å². The predicted molar refractivity (Wildman–Crippen MR) is 99.4 cm³/mol. The van der Waals surface area contributed by atoms with Crippen LogP contribution in [0.2, 0.25) is 0 Å². The average molecular weight is 339 g/mol. The van der Waals surface area contributed by atoms with Crippen LogP contribution in [0, 0.1) is 0 Å². The third-order valence-corrected chi connectivity index (χ3v) is 5.34. The third kappa shape index (κ3) is 2.62. The summed E-state index contributed by atoms with van der Waals surface area (Å²) < 4.78 is 0. The van der Waals surface area contributed by atoms with Crippen LogP contribution < -0.4 is 0 Å². The number of nitrogens with zero attached hydrogens (tertiary/aromatic N) is 3. The summed E-state index contributed by atoms with van der Waals surface area (Å²) in [5, 5.41) is 0.958. The van der Waals surface area contributed by atoms with Crippen LogP contribution in [0.25, 0.3) is 22.3 Å². The first-order valence-electron chi connectivity index (χ1n) is 9.02. The Bertz CT molecular complexity index is 890. The van der Waals surface area contributed by atoms with E-state index in [-0.39, 0.29) is 7.33 Å². The van der Waals surface area contributed by atoms with Gasteiger partial charge in [0.2, 0.25) is 0 Å². The van der Waals surface area contributed by atoms with E-state index in [0.29, 0.717) is 17.8 Å². The summed E-state index contributed by atoms with van der Waals surface area (Å²) in [6, 6.07) is 4.56. The summed E-state index contributed by atoms with van der Waals surface area (Å²) in [5.41, 5.74) is 3.18. The van der Waals surface area contributed by atoms with Crippen molar-refractivity contribution in [2.24, 2.45) is 0 Å². The number of fused-ring (bicyclic) bond motifs is 1. The van der Waals surface area contributed by atoms with E-state index in [1.807, 2.05) is 24.5 Å². The molecule has 3 aromatic heterocycles. The van der Waals surface area contributed by atoms with Gasteiger partial charge in [-0.3, -0.25) is 4.79 Å². The van der Waals surface area contributed by atoms with Gasteiger partial charge in [-0.1, -0.05) is 13.8 Å². The number of hydrogen-bond donors (Lipinski definition) is 2. The van der Waals surface area contributed by atoms with E-state index in [9.17, 15) is 4.79 Å². The van der Waals surface area contributed by atoms with Crippen molar-refractivity contribution in [3.63, 3.8) is 0 Å². The molecule has 1 amide bonds. The van der Waals surface area contributed by atoms with Crippen molar-refractivity contribution in [3.8, 4) is 11.3 Å². The fourth-order valence-electron chi connectivity index (χ4n) is 3.99. The molecule has 6 heteroatoms. The van der Waals surface area contributed by atoms with Gasteiger partial charge in [-0.2, -0.15) is 0 Å². The molecule has 6 nitrogen and oxygen atoms in total. The van der Waals surface area contributed by atoms with Gasteiger partial charge in [0, 0.05) is 36.9 Å². The van der Waals surface area contributed by atoms with Crippen molar-refractivity contribution in [2.45, 2.75) is 51.6 Å². The summed E-state index contributed by atoms with van der Waals surface area (Å²) in [5.74, 6) is 0.0989. The lowest BCUT2D eigenvalue weighted by molar-refractivity contribution is 0.0654. The normalized spacial score (nSPS) is 20.5. The molecule has 1 unspecified atom stereocenters. The standard InChI is InChI=1S/C19H23N5O.H2/c1-3-13-5-6-14(4-2)24(13)19(25)16-9-12(10-21-16)17-15-7-8-20-18(15)23-11-22-17;/h7-11,13-14,21H,3-6H2,1-2H3,(H,20,22,23);1H/t13-,14?;/m1./s1. The number of nitrogens with one attached hydrogen (secondary N) is 2. The maximum absolute atomic E-state index is 13.1. The Morgan fingerprint density at radius 2 is 2.00 bits per heavy atom. The lowest BCUT2D eigenvalue weighted by Crippen LogP contribution is -2.40. The fourth-order valence-corrected chi connectivity index (χ4v) is 3.99. The number of H-pyrrole nitrogens is 2. The van der Waals surface area contributed by atoms with E-state index in [1.54, 1.807) is 6.33 Å². The van der Waals surface area contributed by atoms with Gasteiger partial charge >= 0.3 is 0 Å². The molecule has 2 N–H and O–H groups in total. The first-order chi connectivity index (χ1) is 12.2. The number of carbonyl (C=O) groups excluding carboxylic acids is 1. The second-order valence-corrected chi connectivity index (χ2v) is 6.68. The molecule has 0 aromatic carbocycles. The Morgan fingerprint density at radius 3 is 2.72 bits per heavy atom. The van der Waals surface area contributed by atoms with Gasteiger partial charge in [0.1, 0.15) is 17.7 Å². The number of carbonyl (C=O) groups is 1. The molecule has 0 aliphatic carbocycles. The van der Waals surface area contributed by atoms with Crippen LogP contribution in [0.4, 0.5) is 0 Å². The van der Waals surface area contributed by atoms with Crippen molar-refractivity contribution in [3.05, 3.63) is 36.5 Å². The van der Waals surface area contributed by atoms with Crippen LogP contribution in [-0.4, -0.2) is 42.8 Å². The van der Waals surface area contributed by atoms with Crippen LogP contribution >= 0.6 is 0 Å². The quantitative estimate of drug-likeness (QED) is 0.754. The number of hydrogen-bond acceptors (Lipinski definition) is 3. The molecule has 0 saturated carbocycles. The van der Waals surface area contributed by atoms with Gasteiger partial charge in [-0.25, -0.2) is 9.97 Å². The molecule has 1 fully saturated rings. The van der Waals surface area contributed by atoms with Gasteiger partial charge in [0.15, 0.2) is 0 Å². The van der Waals surface area contributed by atoms with Crippen LogP contribution in [0.3, 0.4) is 0 Å². The van der Waals surface area contributed by atoms with Crippen LogP contribution in [0.1, 0.15) is 51.4 Å². The van der Waals surface area contributed by atoms with Crippen LogP contribution in [0.5, 0.6) is 0 Å². The van der Waals surface area contributed by atoms with Gasteiger partial charge in [0.05, 0.1) is 5.69 Å². The summed E-state index contributed by atoms with van der Waals surface area (Å²) in [6.07, 6.45) is 9.47. The highest BCUT2D eigenvalue weighted by atomic mass is 16.2. The Balaban J connectivity index is 0.00000196. The Kier molecular flexibility index (Phi) is 4.03. The van der Waals surface area contributed by atoms with Crippen molar-refractivity contribution >= 4 is 16.9 Å². The lowest BCUT2D eigenvalue weighted by atomic mass is 10.1. The van der Waals surface area contributed by atoms with Crippen molar-refractivity contribution in [1.82, 2.24) is 24.8 Å². The molecule has 1 aliphatic heterocycles. The number of amides is 1. The highest BCUT2D eigenvalue weighted by Crippen LogP contribution is 2.31. The monoisotopic (exact) mass is 339 g/mol. The zero-order valence-electron chi connectivity index (χ0n) is 14.6. The fraction of sp³-hybridized carbons (Fsp3) is 0.421. The van der Waals surface area contributed by atoms with Crippen molar-refractivity contribution in [1.29, 1.82) is 0 Å². The lowest BCUT2D eigenvalue weighted by Gasteiger charge is -2.29. The zero-order chi connectivity index (χ0) is 17.4. The second-order valence-electron chi connectivity index (χ2n) is 6.68. The molecule has 1 aliphatic rings. The van der Waals surface area contributed by atoms with E-state index < -0.39 is 0 Å². The van der Waals surface area contributed by atoms with Gasteiger partial charge in [-0.05, 0) is 37.8 Å². The Hall–Kier alpha value is -2.63. The molecule has 0 spiro atoms. The maximum atomic E-state index is 13.1. The third-order valence-electron chi connectivity index (χ3n) is 5.34. The smallest absolute Gasteiger partial charge is 0.270 e. The first kappa shape index (κ1) is 15.9. The molecule has 0 radical (unpaired) electrons. The summed E-state index contributed by atoms with van der Waals surface area (Å²) >= 11 is 0. The van der Waals surface area contributed by atoms with Gasteiger partial charge in [-0.15, -0.1) is 0 Å². The molecular formula is C19H25N5O. The molecule has 0 bridgehead atoms. The molecule has 4 heterocycles. The summed E-state index contributed by atoms with van der Waals surface area (Å²) in [6.45, 7) is 4.32. The van der Waals surface area contributed by atoms with Crippen molar-refractivity contribution in [2.75, 3.05) is 0 Å². The number of likely N-dealkylation sites (tertiary alicyclic amines) is 1. The first-order valence-corrected chi connectivity index (χ1v) is 9.02.